The summed E-state index contributed by atoms with van der Waals surface area (Å²) in [6.07, 6.45) is -1.25. The molecule has 0 aliphatic heterocycles. The van der Waals surface area contributed by atoms with Crippen LogP contribution in [0.4, 0.5) is 5.69 Å². The number of nitriles is 1. The molecule has 82 valence electrons. The van der Waals surface area contributed by atoms with Crippen LogP contribution in [-0.4, -0.2) is 10.9 Å². The zero-order valence-electron chi connectivity index (χ0n) is 8.41. The Morgan fingerprint density at radius 3 is 2.69 bits per heavy atom. The van der Waals surface area contributed by atoms with Crippen molar-refractivity contribution < 1.29 is 14.5 Å². The van der Waals surface area contributed by atoms with E-state index in [0.29, 0.717) is 0 Å². The number of carbonyl (C=O) groups is 1. The molecule has 6 nitrogen and oxygen atoms in total. The monoisotopic (exact) mass is 220 g/mol. The minimum absolute atomic E-state index is 0.0743. The van der Waals surface area contributed by atoms with Gasteiger partial charge in [0.25, 0.3) is 5.69 Å². The fourth-order valence-corrected chi connectivity index (χ4v) is 1.20. The summed E-state index contributed by atoms with van der Waals surface area (Å²) in [6, 6.07) is 7.35. The highest BCUT2D eigenvalue weighted by atomic mass is 16.6. The maximum absolute atomic E-state index is 10.7. The van der Waals surface area contributed by atoms with E-state index in [1.165, 1.54) is 24.3 Å². The highest BCUT2D eigenvalue weighted by molar-refractivity contribution is 5.67. The smallest absolute Gasteiger partial charge is 0.304 e. The number of nitro benzene ring substituents is 1. The molecule has 0 aromatic heterocycles. The Morgan fingerprint density at radius 1 is 1.56 bits per heavy atom. The van der Waals surface area contributed by atoms with E-state index in [1.54, 1.807) is 6.07 Å². The van der Waals surface area contributed by atoms with Crippen LogP contribution in [0.15, 0.2) is 24.3 Å². The van der Waals surface area contributed by atoms with Crippen LogP contribution in [0.1, 0.15) is 18.6 Å². The van der Waals surface area contributed by atoms with Gasteiger partial charge in [-0.05, 0) is 6.07 Å². The normalized spacial score (nSPS) is 11.2. The molecule has 0 spiro atoms. The highest BCUT2D eigenvalue weighted by Gasteiger charge is 2.23. The number of nitro groups is 1. The highest BCUT2D eigenvalue weighted by Crippen LogP contribution is 2.26. The first-order valence-corrected chi connectivity index (χ1v) is 4.36. The number of hydrogen-bond donors (Lipinski definition) is 0. The summed E-state index contributed by atoms with van der Waals surface area (Å²) < 4.78 is 4.67. The van der Waals surface area contributed by atoms with Gasteiger partial charge in [0.15, 0.2) is 0 Å². The molecule has 0 N–H and O–H groups in total. The average Bonchev–Trinajstić information content (AvgIpc) is 2.25. The van der Waals surface area contributed by atoms with Crippen LogP contribution in [0.5, 0.6) is 0 Å². The van der Waals surface area contributed by atoms with Crippen molar-refractivity contribution in [3.05, 3.63) is 39.9 Å². The molecule has 1 rings (SSSR count). The van der Waals surface area contributed by atoms with Gasteiger partial charge in [-0.25, -0.2) is 0 Å². The summed E-state index contributed by atoms with van der Waals surface area (Å²) in [4.78, 5) is 20.8. The summed E-state index contributed by atoms with van der Waals surface area (Å²) >= 11 is 0. The first-order valence-electron chi connectivity index (χ1n) is 4.36. The molecule has 0 saturated carbocycles. The minimum Gasteiger partial charge on any atom is -0.442 e. The third kappa shape index (κ3) is 2.54. The lowest BCUT2D eigenvalue weighted by Gasteiger charge is -2.09. The third-order valence-corrected chi connectivity index (χ3v) is 1.82. The van der Waals surface area contributed by atoms with E-state index in [2.05, 4.69) is 4.74 Å². The van der Waals surface area contributed by atoms with E-state index in [1.807, 2.05) is 0 Å². The number of benzene rings is 1. The Hall–Kier alpha value is -2.42. The molecule has 16 heavy (non-hydrogen) atoms. The van der Waals surface area contributed by atoms with E-state index in [9.17, 15) is 14.9 Å². The number of nitrogens with zero attached hydrogens (tertiary/aromatic N) is 2. The van der Waals surface area contributed by atoms with Gasteiger partial charge in [-0.15, -0.1) is 0 Å². The second-order valence-electron chi connectivity index (χ2n) is 2.93. The van der Waals surface area contributed by atoms with Gasteiger partial charge >= 0.3 is 5.97 Å². The zero-order valence-corrected chi connectivity index (χ0v) is 8.41. The molecule has 0 fully saturated rings. The molecule has 0 radical (unpaired) electrons. The molecule has 1 atom stereocenters. The van der Waals surface area contributed by atoms with Crippen molar-refractivity contribution in [2.24, 2.45) is 0 Å². The first kappa shape index (κ1) is 11.7. The van der Waals surface area contributed by atoms with Gasteiger partial charge in [0.1, 0.15) is 6.07 Å². The molecule has 0 amide bonds. The van der Waals surface area contributed by atoms with Gasteiger partial charge < -0.3 is 4.74 Å². The Balaban J connectivity index is 3.15. The molecule has 0 aliphatic carbocycles. The van der Waals surface area contributed by atoms with E-state index < -0.39 is 17.0 Å². The van der Waals surface area contributed by atoms with E-state index >= 15 is 0 Å². The van der Waals surface area contributed by atoms with Crippen molar-refractivity contribution in [1.82, 2.24) is 0 Å². The lowest BCUT2D eigenvalue weighted by atomic mass is 10.1. The van der Waals surface area contributed by atoms with Crippen molar-refractivity contribution in [1.29, 1.82) is 5.26 Å². The van der Waals surface area contributed by atoms with Crippen LogP contribution in [0.2, 0.25) is 0 Å². The quantitative estimate of drug-likeness (QED) is 0.439. The Bertz CT molecular complexity index is 464. The topological polar surface area (TPSA) is 93.2 Å². The SMILES string of the molecule is CC(=O)O[C@@H](C#N)c1ccccc1[N+](=O)[O-]. The van der Waals surface area contributed by atoms with Crippen molar-refractivity contribution in [3.63, 3.8) is 0 Å². The van der Waals surface area contributed by atoms with Crippen molar-refractivity contribution >= 4 is 11.7 Å². The zero-order chi connectivity index (χ0) is 12.1. The predicted octanol–water partition coefficient (Wildman–Crippen LogP) is 1.72. The summed E-state index contributed by atoms with van der Waals surface area (Å²) in [5.41, 5.74) is -0.166. The van der Waals surface area contributed by atoms with Gasteiger partial charge in [-0.1, -0.05) is 12.1 Å². The van der Waals surface area contributed by atoms with Gasteiger partial charge in [0, 0.05) is 13.0 Å². The second kappa shape index (κ2) is 4.89. The standard InChI is InChI=1S/C10H8N2O4/c1-7(13)16-10(6-11)8-4-2-3-5-9(8)12(14)15/h2-5,10H,1H3/t10-/m0/s1. The van der Waals surface area contributed by atoms with Crippen LogP contribution >= 0.6 is 0 Å². The van der Waals surface area contributed by atoms with Crippen LogP contribution in [0.25, 0.3) is 0 Å². The first-order chi connectivity index (χ1) is 7.56. The molecule has 0 aliphatic rings. The summed E-state index contributed by atoms with van der Waals surface area (Å²) in [6.45, 7) is 1.14. The molecular formula is C10H8N2O4. The summed E-state index contributed by atoms with van der Waals surface area (Å²) in [5.74, 6) is -0.662. The van der Waals surface area contributed by atoms with Crippen LogP contribution in [-0.2, 0) is 9.53 Å². The fourth-order valence-electron chi connectivity index (χ4n) is 1.20. The lowest BCUT2D eigenvalue weighted by molar-refractivity contribution is -0.386. The maximum Gasteiger partial charge on any atom is 0.304 e. The molecule has 0 heterocycles. The molecule has 1 aromatic rings. The molecule has 1 aromatic carbocycles. The van der Waals surface area contributed by atoms with Gasteiger partial charge in [0.2, 0.25) is 6.10 Å². The van der Waals surface area contributed by atoms with Gasteiger partial charge in [-0.3, -0.25) is 14.9 Å². The summed E-state index contributed by atoms with van der Waals surface area (Å²) in [7, 11) is 0. The van der Waals surface area contributed by atoms with E-state index in [-0.39, 0.29) is 11.3 Å². The number of para-hydroxylation sites is 1. The minimum atomic E-state index is -1.25. The third-order valence-electron chi connectivity index (χ3n) is 1.82. The van der Waals surface area contributed by atoms with E-state index in [4.69, 9.17) is 5.26 Å². The fraction of sp³-hybridized carbons (Fsp3) is 0.200. The van der Waals surface area contributed by atoms with Crippen molar-refractivity contribution in [3.8, 4) is 6.07 Å². The Morgan fingerprint density at radius 2 is 2.19 bits per heavy atom. The van der Waals surface area contributed by atoms with Crippen LogP contribution in [0.3, 0.4) is 0 Å². The van der Waals surface area contributed by atoms with Crippen molar-refractivity contribution in [2.75, 3.05) is 0 Å². The number of carbonyl (C=O) groups excluding carboxylic acids is 1. The molecule has 0 saturated heterocycles. The Labute approximate surface area is 91.2 Å². The van der Waals surface area contributed by atoms with Crippen LogP contribution < -0.4 is 0 Å². The van der Waals surface area contributed by atoms with E-state index in [0.717, 1.165) is 6.92 Å². The molecule has 0 unspecified atom stereocenters. The second-order valence-corrected chi connectivity index (χ2v) is 2.93. The number of hydrogen-bond acceptors (Lipinski definition) is 5. The average molecular weight is 220 g/mol. The molecule has 6 heteroatoms. The Kier molecular flexibility index (Phi) is 3.56. The van der Waals surface area contributed by atoms with Gasteiger partial charge in [-0.2, -0.15) is 5.26 Å². The summed E-state index contributed by atoms with van der Waals surface area (Å²) in [5, 5.41) is 19.5. The maximum atomic E-state index is 10.7. The van der Waals surface area contributed by atoms with Crippen LogP contribution in [0, 0.1) is 21.4 Å². The van der Waals surface area contributed by atoms with Gasteiger partial charge in [0.05, 0.1) is 10.5 Å². The van der Waals surface area contributed by atoms with Crippen molar-refractivity contribution in [2.45, 2.75) is 13.0 Å². The molecular weight excluding hydrogens is 212 g/mol. The number of esters is 1. The predicted molar refractivity (Wildman–Crippen MR) is 53.2 cm³/mol. The largest absolute Gasteiger partial charge is 0.442 e. The number of rotatable bonds is 3. The lowest BCUT2D eigenvalue weighted by Crippen LogP contribution is -2.08. The molecule has 0 bridgehead atoms. The number of ether oxygens (including phenoxy) is 1.